The van der Waals surface area contributed by atoms with Gasteiger partial charge in [0.1, 0.15) is 11.5 Å². The minimum absolute atomic E-state index is 0.0230. The van der Waals surface area contributed by atoms with Crippen molar-refractivity contribution in [2.75, 3.05) is 6.61 Å². The molecule has 2 N–H and O–H groups in total. The molecule has 1 aromatic heterocycles. The number of ether oxygens (including phenoxy) is 1. The van der Waals surface area contributed by atoms with Gasteiger partial charge in [-0.15, -0.1) is 0 Å². The molecule has 0 aliphatic rings. The molecule has 180 valence electrons. The van der Waals surface area contributed by atoms with Crippen molar-refractivity contribution in [2.24, 2.45) is 0 Å². The average molecular weight is 504 g/mol. The van der Waals surface area contributed by atoms with E-state index in [9.17, 15) is 22.8 Å². The topological polar surface area (TPSA) is 88.8 Å². The number of aliphatic carboxylic acids is 1. The van der Waals surface area contributed by atoms with Crippen molar-refractivity contribution in [1.29, 1.82) is 0 Å². The average Bonchev–Trinajstić information content (AvgIpc) is 3.28. The summed E-state index contributed by atoms with van der Waals surface area (Å²) in [6.07, 6.45) is -4.86. The Balaban J connectivity index is 1.51. The first-order valence-corrected chi connectivity index (χ1v) is 10.6. The summed E-state index contributed by atoms with van der Waals surface area (Å²) in [6.45, 7) is -0.492. The number of hydrogen-bond acceptors (Lipinski definition) is 4. The van der Waals surface area contributed by atoms with Gasteiger partial charge in [0, 0.05) is 17.1 Å². The first-order valence-electron chi connectivity index (χ1n) is 10.2. The highest BCUT2D eigenvalue weighted by Crippen LogP contribution is 2.37. The molecule has 0 atom stereocenters. The van der Waals surface area contributed by atoms with Crippen molar-refractivity contribution < 1.29 is 37.0 Å². The van der Waals surface area contributed by atoms with E-state index in [1.54, 1.807) is 36.4 Å². The van der Waals surface area contributed by atoms with E-state index in [0.29, 0.717) is 21.9 Å². The lowest BCUT2D eigenvalue weighted by atomic mass is 10.1. The number of carboxylic acid groups (broad SMARTS) is 1. The van der Waals surface area contributed by atoms with Crippen LogP contribution in [0.5, 0.6) is 5.75 Å². The number of carbonyl (C=O) groups is 2. The van der Waals surface area contributed by atoms with E-state index in [2.05, 4.69) is 5.32 Å². The summed E-state index contributed by atoms with van der Waals surface area (Å²) in [5.41, 5.74) is 0.378. The number of nitrogens with one attached hydrogen (secondary N) is 1. The Labute approximate surface area is 201 Å². The predicted molar refractivity (Wildman–Crippen MR) is 122 cm³/mol. The fourth-order valence-corrected chi connectivity index (χ4v) is 3.55. The van der Waals surface area contributed by atoms with Gasteiger partial charge in [0.25, 0.3) is 5.91 Å². The Morgan fingerprint density at radius 3 is 2.34 bits per heavy atom. The Kier molecular flexibility index (Phi) is 6.70. The van der Waals surface area contributed by atoms with Gasteiger partial charge in [-0.1, -0.05) is 29.8 Å². The van der Waals surface area contributed by atoms with Crippen molar-refractivity contribution >= 4 is 34.2 Å². The number of carboxylic acids is 1. The van der Waals surface area contributed by atoms with Crippen LogP contribution in [-0.4, -0.2) is 23.6 Å². The zero-order valence-electron chi connectivity index (χ0n) is 17.9. The van der Waals surface area contributed by atoms with Gasteiger partial charge in [-0.2, -0.15) is 13.2 Å². The maximum Gasteiger partial charge on any atom is 0.450 e. The molecule has 0 fully saturated rings. The van der Waals surface area contributed by atoms with Crippen molar-refractivity contribution in [3.05, 3.63) is 88.6 Å². The highest BCUT2D eigenvalue weighted by molar-refractivity contribution is 6.30. The number of alkyl halides is 3. The van der Waals surface area contributed by atoms with Gasteiger partial charge >= 0.3 is 12.1 Å². The van der Waals surface area contributed by atoms with Crippen molar-refractivity contribution in [3.8, 4) is 17.1 Å². The summed E-state index contributed by atoms with van der Waals surface area (Å²) in [6, 6.07) is 17.2. The molecular weight excluding hydrogens is 487 g/mol. The van der Waals surface area contributed by atoms with E-state index in [1.807, 2.05) is 0 Å². The lowest BCUT2D eigenvalue weighted by Crippen LogP contribution is -2.24. The zero-order valence-corrected chi connectivity index (χ0v) is 18.6. The first-order chi connectivity index (χ1) is 16.6. The first kappa shape index (κ1) is 24.2. The van der Waals surface area contributed by atoms with Crippen LogP contribution in [0.1, 0.15) is 21.7 Å². The molecule has 1 amide bonds. The van der Waals surface area contributed by atoms with Crippen LogP contribution in [0, 0.1) is 0 Å². The molecule has 4 aromatic rings. The Morgan fingerprint density at radius 1 is 0.971 bits per heavy atom. The van der Waals surface area contributed by atoms with Crippen LogP contribution in [0.2, 0.25) is 5.02 Å². The summed E-state index contributed by atoms with van der Waals surface area (Å²) in [4.78, 5) is 23.3. The summed E-state index contributed by atoms with van der Waals surface area (Å²) < 4.78 is 50.8. The molecule has 3 aromatic carbocycles. The fourth-order valence-electron chi connectivity index (χ4n) is 3.42. The van der Waals surface area contributed by atoms with Gasteiger partial charge in [0.2, 0.25) is 5.76 Å². The summed E-state index contributed by atoms with van der Waals surface area (Å²) >= 11 is 5.83. The van der Waals surface area contributed by atoms with E-state index >= 15 is 0 Å². The van der Waals surface area contributed by atoms with Gasteiger partial charge in [0.05, 0.1) is 5.56 Å². The number of rotatable bonds is 7. The number of halogens is 4. The quantitative estimate of drug-likeness (QED) is 0.315. The lowest BCUT2D eigenvalue weighted by Gasteiger charge is -2.09. The van der Waals surface area contributed by atoms with E-state index < -0.39 is 36.0 Å². The smallest absolute Gasteiger partial charge is 0.450 e. The maximum atomic E-state index is 13.5. The molecule has 35 heavy (non-hydrogen) atoms. The summed E-state index contributed by atoms with van der Waals surface area (Å²) in [5.74, 6) is -3.13. The van der Waals surface area contributed by atoms with Crippen molar-refractivity contribution in [2.45, 2.75) is 12.7 Å². The fraction of sp³-hybridized carbons (Fsp3) is 0.120. The van der Waals surface area contributed by atoms with Crippen LogP contribution in [0.25, 0.3) is 22.1 Å². The van der Waals surface area contributed by atoms with Gasteiger partial charge in [0.15, 0.2) is 6.61 Å². The number of fused-ring (bicyclic) bond motifs is 1. The molecule has 0 aliphatic heterocycles. The minimum atomic E-state index is -4.86. The largest absolute Gasteiger partial charge is 0.482 e. The van der Waals surface area contributed by atoms with Gasteiger partial charge in [-0.25, -0.2) is 4.79 Å². The molecule has 1 heterocycles. The summed E-state index contributed by atoms with van der Waals surface area (Å²) in [7, 11) is 0. The lowest BCUT2D eigenvalue weighted by molar-refractivity contribution is -0.153. The highest BCUT2D eigenvalue weighted by Gasteiger charge is 2.40. The molecule has 0 bridgehead atoms. The van der Waals surface area contributed by atoms with Crippen LogP contribution in [0.4, 0.5) is 13.2 Å². The van der Waals surface area contributed by atoms with Crippen LogP contribution in [-0.2, 0) is 17.5 Å². The van der Waals surface area contributed by atoms with Gasteiger partial charge in [-0.05, 0) is 64.9 Å². The molecule has 0 saturated carbocycles. The number of furan rings is 1. The monoisotopic (exact) mass is 503 g/mol. The third-order valence-electron chi connectivity index (χ3n) is 5.05. The van der Waals surface area contributed by atoms with Crippen LogP contribution >= 0.6 is 11.6 Å². The minimum Gasteiger partial charge on any atom is -0.482 e. The second kappa shape index (κ2) is 9.71. The van der Waals surface area contributed by atoms with Crippen molar-refractivity contribution in [3.63, 3.8) is 0 Å². The van der Waals surface area contributed by atoms with E-state index in [1.165, 1.54) is 24.3 Å². The molecule has 4 rings (SSSR count). The van der Waals surface area contributed by atoms with Gasteiger partial charge < -0.3 is 19.6 Å². The molecule has 0 unspecified atom stereocenters. The highest BCUT2D eigenvalue weighted by atomic mass is 35.5. The Hall–Kier alpha value is -3.98. The second-order valence-corrected chi connectivity index (χ2v) is 8.00. The van der Waals surface area contributed by atoms with Crippen molar-refractivity contribution in [1.82, 2.24) is 5.32 Å². The third kappa shape index (κ3) is 5.75. The molecule has 10 heteroatoms. The second-order valence-electron chi connectivity index (χ2n) is 7.57. The van der Waals surface area contributed by atoms with Crippen LogP contribution in [0.3, 0.4) is 0 Å². The third-order valence-corrected chi connectivity index (χ3v) is 5.31. The number of benzene rings is 3. The molecule has 0 aliphatic carbocycles. The molecule has 0 radical (unpaired) electrons. The van der Waals surface area contributed by atoms with Crippen LogP contribution < -0.4 is 10.1 Å². The molecule has 0 saturated heterocycles. The molecule has 6 nitrogen and oxygen atoms in total. The van der Waals surface area contributed by atoms with E-state index in [-0.39, 0.29) is 12.3 Å². The predicted octanol–water partition coefficient (Wildman–Crippen LogP) is 6.17. The SMILES string of the molecule is O=C(O)COc1ccc2cc(CNC(=O)c3cc(-c4ccc(Cl)cc4)oc3C(F)(F)F)ccc2c1. The van der Waals surface area contributed by atoms with Gasteiger partial charge in [-0.3, -0.25) is 4.79 Å². The maximum absolute atomic E-state index is 13.5. The Bertz CT molecular complexity index is 1400. The normalized spacial score (nSPS) is 11.4. The van der Waals surface area contributed by atoms with Crippen LogP contribution in [0.15, 0.2) is 71.1 Å². The van der Waals surface area contributed by atoms with E-state index in [4.69, 9.17) is 25.9 Å². The molecular formula is C25H17ClF3NO5. The zero-order chi connectivity index (χ0) is 25.2. The standard InChI is InChI=1S/C25H17ClF3NO5/c26-18-6-3-15(4-7-18)21-11-20(23(35-21)25(27,28)29)24(33)30-12-14-1-2-17-10-19(34-13-22(31)32)8-5-16(17)9-14/h1-11H,12-13H2,(H,30,33)(H,31,32). The Morgan fingerprint density at radius 2 is 1.66 bits per heavy atom. The van der Waals surface area contributed by atoms with E-state index in [0.717, 1.165) is 16.8 Å². The molecule has 0 spiro atoms. The number of carbonyl (C=O) groups excluding carboxylic acids is 1. The summed E-state index contributed by atoms with van der Waals surface area (Å²) in [5, 5.41) is 13.2. The number of amides is 1. The number of hydrogen-bond donors (Lipinski definition) is 2.